The molecule has 5 heteroatoms. The zero-order valence-corrected chi connectivity index (χ0v) is 16.1. The summed E-state index contributed by atoms with van der Waals surface area (Å²) in [6.07, 6.45) is 15.4. The minimum absolute atomic E-state index is 0.0277. The van der Waals surface area contributed by atoms with E-state index in [0.717, 1.165) is 12.0 Å². The van der Waals surface area contributed by atoms with Gasteiger partial charge in [-0.1, -0.05) is 39.0 Å². The third kappa shape index (κ3) is 5.48. The van der Waals surface area contributed by atoms with Crippen molar-refractivity contribution < 1.29 is 9.59 Å². The molecule has 1 atom stereocenters. The molecule has 1 aliphatic rings. The number of hydrogen-bond donors (Lipinski definition) is 1. The van der Waals surface area contributed by atoms with E-state index in [9.17, 15) is 9.59 Å². The van der Waals surface area contributed by atoms with Crippen LogP contribution in [0.2, 0.25) is 0 Å². The first kappa shape index (κ1) is 19.8. The van der Waals surface area contributed by atoms with Crippen molar-refractivity contribution in [3.63, 3.8) is 0 Å². The molecule has 1 fully saturated rings. The first-order chi connectivity index (χ1) is 12.3. The minimum Gasteiger partial charge on any atom is -0.357 e. The van der Waals surface area contributed by atoms with Crippen molar-refractivity contribution in [3.8, 4) is 0 Å². The fraction of sp³-hybridized carbons (Fsp3) is 0.429. The molecule has 0 bridgehead atoms. The van der Waals surface area contributed by atoms with E-state index in [-0.39, 0.29) is 23.3 Å². The fourth-order valence-corrected chi connectivity index (χ4v) is 3.02. The second-order valence-electron chi connectivity index (χ2n) is 7.41. The molecule has 5 nitrogen and oxygen atoms in total. The standard InChI is InChI=1S/C21H29N3O2/c1-5-6-7-8-9-19(25)22-18-15-24(16-21(18,2)3)20(26)11-10-17-12-13-23(4)14-17/h6-14,18H,5,15-16H2,1-4H3,(H,22,25)/b7-6+,9-8+,11-10+. The fourth-order valence-electron chi connectivity index (χ4n) is 3.02. The summed E-state index contributed by atoms with van der Waals surface area (Å²) in [4.78, 5) is 26.4. The van der Waals surface area contributed by atoms with Crippen LogP contribution in [0.1, 0.15) is 32.8 Å². The van der Waals surface area contributed by atoms with Gasteiger partial charge in [0, 0.05) is 50.1 Å². The van der Waals surface area contributed by atoms with Gasteiger partial charge in [0.25, 0.3) is 0 Å². The maximum Gasteiger partial charge on any atom is 0.246 e. The third-order valence-corrected chi connectivity index (χ3v) is 4.58. The van der Waals surface area contributed by atoms with Crippen LogP contribution in [-0.4, -0.2) is 40.4 Å². The summed E-state index contributed by atoms with van der Waals surface area (Å²) < 4.78 is 1.94. The van der Waals surface area contributed by atoms with Crippen molar-refractivity contribution in [2.75, 3.05) is 13.1 Å². The van der Waals surface area contributed by atoms with Gasteiger partial charge in [-0.05, 0) is 24.1 Å². The Morgan fingerprint density at radius 2 is 2.08 bits per heavy atom. The maximum absolute atomic E-state index is 12.5. The molecule has 2 amide bonds. The summed E-state index contributed by atoms with van der Waals surface area (Å²) in [6, 6.07) is 1.89. The van der Waals surface area contributed by atoms with Crippen molar-refractivity contribution in [1.29, 1.82) is 0 Å². The number of aromatic nitrogens is 1. The van der Waals surface area contributed by atoms with E-state index in [1.165, 1.54) is 6.08 Å². The lowest BCUT2D eigenvalue weighted by molar-refractivity contribution is -0.125. The molecule has 0 spiro atoms. The molecule has 1 aromatic heterocycles. The average Bonchev–Trinajstić information content (AvgIpc) is 3.12. The molecular weight excluding hydrogens is 326 g/mol. The largest absolute Gasteiger partial charge is 0.357 e. The number of aryl methyl sites for hydroxylation is 1. The average molecular weight is 355 g/mol. The van der Waals surface area contributed by atoms with Gasteiger partial charge < -0.3 is 14.8 Å². The van der Waals surface area contributed by atoms with E-state index in [4.69, 9.17) is 0 Å². The van der Waals surface area contributed by atoms with E-state index >= 15 is 0 Å². The molecule has 26 heavy (non-hydrogen) atoms. The van der Waals surface area contributed by atoms with E-state index in [0.29, 0.717) is 13.1 Å². The monoisotopic (exact) mass is 355 g/mol. The highest BCUT2D eigenvalue weighted by molar-refractivity contribution is 5.92. The minimum atomic E-state index is -0.168. The Kier molecular flexibility index (Phi) is 6.61. The van der Waals surface area contributed by atoms with E-state index in [2.05, 4.69) is 19.2 Å². The summed E-state index contributed by atoms with van der Waals surface area (Å²) in [6.45, 7) is 7.34. The molecule has 0 radical (unpaired) electrons. The summed E-state index contributed by atoms with van der Waals surface area (Å²) in [5, 5.41) is 3.03. The molecule has 1 saturated heterocycles. The molecule has 2 rings (SSSR count). The van der Waals surface area contributed by atoms with Crippen LogP contribution in [0.5, 0.6) is 0 Å². The first-order valence-electron chi connectivity index (χ1n) is 9.04. The second-order valence-corrected chi connectivity index (χ2v) is 7.41. The smallest absolute Gasteiger partial charge is 0.246 e. The van der Waals surface area contributed by atoms with Crippen LogP contribution in [0.25, 0.3) is 6.08 Å². The van der Waals surface area contributed by atoms with Gasteiger partial charge in [0.1, 0.15) is 0 Å². The van der Waals surface area contributed by atoms with Gasteiger partial charge in [-0.15, -0.1) is 0 Å². The molecule has 1 aromatic rings. The predicted molar refractivity (Wildman–Crippen MR) is 105 cm³/mol. The van der Waals surface area contributed by atoms with E-state index < -0.39 is 0 Å². The molecule has 1 N–H and O–H groups in total. The van der Waals surface area contributed by atoms with Crippen LogP contribution in [-0.2, 0) is 16.6 Å². The number of nitrogens with one attached hydrogen (secondary N) is 1. The molecule has 140 valence electrons. The lowest BCUT2D eigenvalue weighted by atomic mass is 9.88. The number of likely N-dealkylation sites (tertiary alicyclic amines) is 1. The van der Waals surface area contributed by atoms with Crippen molar-refractivity contribution in [1.82, 2.24) is 14.8 Å². The van der Waals surface area contributed by atoms with Crippen molar-refractivity contribution >= 4 is 17.9 Å². The highest BCUT2D eigenvalue weighted by Crippen LogP contribution is 2.29. The topological polar surface area (TPSA) is 54.3 Å². The lowest BCUT2D eigenvalue weighted by Gasteiger charge is -2.25. The van der Waals surface area contributed by atoms with Crippen LogP contribution in [0.4, 0.5) is 0 Å². The highest BCUT2D eigenvalue weighted by Gasteiger charge is 2.41. The Hall–Kier alpha value is -2.56. The van der Waals surface area contributed by atoms with Gasteiger partial charge in [-0.3, -0.25) is 9.59 Å². The third-order valence-electron chi connectivity index (χ3n) is 4.58. The molecule has 1 aliphatic heterocycles. The number of nitrogens with zero attached hydrogens (tertiary/aromatic N) is 2. The molecule has 0 aromatic carbocycles. The number of carbonyl (C=O) groups excluding carboxylic acids is 2. The Morgan fingerprint density at radius 1 is 1.31 bits per heavy atom. The first-order valence-corrected chi connectivity index (χ1v) is 9.04. The van der Waals surface area contributed by atoms with Gasteiger partial charge in [0.05, 0.1) is 6.04 Å². The molecular formula is C21H29N3O2. The quantitative estimate of drug-likeness (QED) is 0.630. The predicted octanol–water partition coefficient (Wildman–Crippen LogP) is 2.91. The van der Waals surface area contributed by atoms with Gasteiger partial charge in [-0.25, -0.2) is 0 Å². The molecule has 2 heterocycles. The number of allylic oxidation sites excluding steroid dienone is 3. The Morgan fingerprint density at radius 3 is 2.73 bits per heavy atom. The van der Waals surface area contributed by atoms with Crippen molar-refractivity contribution in [2.24, 2.45) is 12.5 Å². The van der Waals surface area contributed by atoms with Crippen molar-refractivity contribution in [2.45, 2.75) is 33.2 Å². The lowest BCUT2D eigenvalue weighted by Crippen LogP contribution is -2.43. The zero-order valence-electron chi connectivity index (χ0n) is 16.1. The Bertz CT molecular complexity index is 725. The van der Waals surface area contributed by atoms with Crippen LogP contribution in [0.15, 0.2) is 48.8 Å². The van der Waals surface area contributed by atoms with Gasteiger partial charge >= 0.3 is 0 Å². The van der Waals surface area contributed by atoms with Crippen LogP contribution >= 0.6 is 0 Å². The van der Waals surface area contributed by atoms with E-state index in [1.54, 1.807) is 17.1 Å². The summed E-state index contributed by atoms with van der Waals surface area (Å²) in [5.74, 6) is -0.155. The Balaban J connectivity index is 1.94. The second kappa shape index (κ2) is 8.70. The highest BCUT2D eigenvalue weighted by atomic mass is 16.2. The summed E-state index contributed by atoms with van der Waals surface area (Å²) >= 11 is 0. The SMILES string of the molecule is CC/C=C/C=C/C(=O)NC1CN(C(=O)/C=C/c2ccn(C)c2)CC1(C)C. The van der Waals surface area contributed by atoms with Crippen molar-refractivity contribution in [3.05, 3.63) is 54.4 Å². The van der Waals surface area contributed by atoms with Gasteiger partial charge in [0.15, 0.2) is 0 Å². The molecule has 0 saturated carbocycles. The number of carbonyl (C=O) groups is 2. The van der Waals surface area contributed by atoms with Gasteiger partial charge in [-0.2, -0.15) is 0 Å². The Labute approximate surface area is 156 Å². The number of hydrogen-bond acceptors (Lipinski definition) is 2. The van der Waals surface area contributed by atoms with Crippen LogP contribution in [0, 0.1) is 5.41 Å². The van der Waals surface area contributed by atoms with Crippen LogP contribution < -0.4 is 5.32 Å². The molecule has 1 unspecified atom stereocenters. The normalized spacial score (nSPS) is 19.8. The van der Waals surface area contributed by atoms with Gasteiger partial charge in [0.2, 0.25) is 11.8 Å². The zero-order chi connectivity index (χ0) is 19.2. The van der Waals surface area contributed by atoms with E-state index in [1.807, 2.05) is 55.2 Å². The molecule has 0 aliphatic carbocycles. The summed E-state index contributed by atoms with van der Waals surface area (Å²) in [5.41, 5.74) is 0.827. The summed E-state index contributed by atoms with van der Waals surface area (Å²) in [7, 11) is 1.95. The number of amides is 2. The number of rotatable bonds is 6. The van der Waals surface area contributed by atoms with Crippen LogP contribution in [0.3, 0.4) is 0 Å². The maximum atomic E-state index is 12.5.